The van der Waals surface area contributed by atoms with Crippen LogP contribution in [0.2, 0.25) is 5.02 Å². The Kier molecular flexibility index (Phi) is 4.90. The number of anilines is 1. The van der Waals surface area contributed by atoms with Crippen molar-refractivity contribution in [2.24, 2.45) is 7.05 Å². The van der Waals surface area contributed by atoms with Crippen LogP contribution in [0.5, 0.6) is 17.2 Å². The third-order valence-electron chi connectivity index (χ3n) is 4.54. The monoisotopic (exact) mass is 411 g/mol. The summed E-state index contributed by atoms with van der Waals surface area (Å²) in [5, 5.41) is 3.19. The fourth-order valence-electron chi connectivity index (χ4n) is 3.09. The zero-order chi connectivity index (χ0) is 20.5. The average Bonchev–Trinajstić information content (AvgIpc) is 2.69. The highest BCUT2D eigenvalue weighted by atomic mass is 35.5. The molecule has 0 bridgehead atoms. The standard InChI is InChI=1S/C21H18ClN3O4/c1-25-11-16-14-9-13(23)3-5-17(14)29-18-4-2-12(22)8-15(18)21(27)24-6-7-28-19(16)10-20(25)26/h2-5,8-11H,6-7,23H2,1H3,(H,24,27). The lowest BCUT2D eigenvalue weighted by Crippen LogP contribution is -2.29. The Morgan fingerprint density at radius 3 is 2.59 bits per heavy atom. The van der Waals surface area contributed by atoms with Crippen LogP contribution in [0.15, 0.2) is 53.5 Å². The lowest BCUT2D eigenvalue weighted by molar-refractivity contribution is 0.0944. The number of carbonyl (C=O) groups is 1. The van der Waals surface area contributed by atoms with Crippen LogP contribution in [-0.4, -0.2) is 23.6 Å². The molecule has 0 fully saturated rings. The Balaban J connectivity index is 1.95. The van der Waals surface area contributed by atoms with Crippen LogP contribution >= 0.6 is 11.6 Å². The highest BCUT2D eigenvalue weighted by Crippen LogP contribution is 2.40. The highest BCUT2D eigenvalue weighted by molar-refractivity contribution is 6.31. The summed E-state index contributed by atoms with van der Waals surface area (Å²) in [4.78, 5) is 24.7. The van der Waals surface area contributed by atoms with Gasteiger partial charge in [0.2, 0.25) is 0 Å². The SMILES string of the molecule is Cn1cc2c(cc1=O)OCCNC(=O)c1cc(Cl)ccc1Oc1ccc(N)cc1-2. The van der Waals surface area contributed by atoms with E-state index in [0.717, 1.165) is 0 Å². The first-order valence-corrected chi connectivity index (χ1v) is 9.29. The number of rotatable bonds is 0. The number of nitrogens with zero attached hydrogens (tertiary/aromatic N) is 1. The number of ether oxygens (including phenoxy) is 2. The summed E-state index contributed by atoms with van der Waals surface area (Å²) < 4.78 is 13.4. The van der Waals surface area contributed by atoms with Crippen LogP contribution < -0.4 is 26.1 Å². The molecule has 0 saturated carbocycles. The maximum Gasteiger partial charge on any atom is 0.255 e. The van der Waals surface area contributed by atoms with E-state index in [9.17, 15) is 9.59 Å². The van der Waals surface area contributed by atoms with Crippen LogP contribution in [0.3, 0.4) is 0 Å². The minimum Gasteiger partial charge on any atom is -0.491 e. The lowest BCUT2D eigenvalue weighted by Gasteiger charge is -2.19. The number of halogens is 1. The van der Waals surface area contributed by atoms with Crippen LogP contribution in [0.25, 0.3) is 11.1 Å². The van der Waals surface area contributed by atoms with E-state index in [1.54, 1.807) is 49.6 Å². The molecule has 4 rings (SSSR count). The number of hydrogen-bond acceptors (Lipinski definition) is 5. The van der Waals surface area contributed by atoms with Crippen LogP contribution in [0, 0.1) is 0 Å². The summed E-state index contributed by atoms with van der Waals surface area (Å²) in [7, 11) is 1.66. The third kappa shape index (κ3) is 3.77. The van der Waals surface area contributed by atoms with Gasteiger partial charge in [0.05, 0.1) is 12.1 Å². The van der Waals surface area contributed by atoms with Gasteiger partial charge in [-0.2, -0.15) is 0 Å². The average molecular weight is 412 g/mol. The molecule has 8 heteroatoms. The van der Waals surface area contributed by atoms with E-state index in [-0.39, 0.29) is 24.6 Å². The van der Waals surface area contributed by atoms with Gasteiger partial charge in [0.1, 0.15) is 23.9 Å². The lowest BCUT2D eigenvalue weighted by atomic mass is 10.0. The number of aryl methyl sites for hydroxylation is 1. The molecule has 1 aliphatic heterocycles. The minimum absolute atomic E-state index is 0.181. The quantitative estimate of drug-likeness (QED) is 0.554. The highest BCUT2D eigenvalue weighted by Gasteiger charge is 2.20. The summed E-state index contributed by atoms with van der Waals surface area (Å²) in [6.07, 6.45) is 1.67. The second kappa shape index (κ2) is 7.52. The van der Waals surface area contributed by atoms with E-state index in [4.69, 9.17) is 26.8 Å². The molecule has 0 aliphatic carbocycles. The zero-order valence-corrected chi connectivity index (χ0v) is 16.3. The van der Waals surface area contributed by atoms with Crippen molar-refractivity contribution in [3.05, 3.63) is 69.6 Å². The number of nitrogen functional groups attached to an aromatic ring is 1. The van der Waals surface area contributed by atoms with Gasteiger partial charge in [-0.15, -0.1) is 0 Å². The maximum absolute atomic E-state index is 12.6. The van der Waals surface area contributed by atoms with Gasteiger partial charge in [-0.1, -0.05) is 11.6 Å². The molecule has 0 radical (unpaired) electrons. The van der Waals surface area contributed by atoms with E-state index >= 15 is 0 Å². The van der Waals surface area contributed by atoms with E-state index in [1.807, 2.05) is 0 Å². The summed E-state index contributed by atoms with van der Waals surface area (Å²) in [6, 6.07) is 11.4. The van der Waals surface area contributed by atoms with E-state index < -0.39 is 0 Å². The Morgan fingerprint density at radius 1 is 1.00 bits per heavy atom. The van der Waals surface area contributed by atoms with Crippen LogP contribution in [0.1, 0.15) is 10.4 Å². The number of nitrogens with one attached hydrogen (secondary N) is 1. The molecular formula is C21H18ClN3O4. The first-order valence-electron chi connectivity index (χ1n) is 8.91. The van der Waals surface area contributed by atoms with Gasteiger partial charge in [0.25, 0.3) is 11.5 Å². The number of fused-ring (bicyclic) bond motifs is 4. The molecule has 1 amide bonds. The molecule has 2 aromatic carbocycles. The van der Waals surface area contributed by atoms with E-state index in [1.165, 1.54) is 10.6 Å². The second-order valence-electron chi connectivity index (χ2n) is 6.60. The van der Waals surface area contributed by atoms with Crippen molar-refractivity contribution in [2.45, 2.75) is 0 Å². The Hall–Kier alpha value is -3.45. The van der Waals surface area contributed by atoms with Gasteiger partial charge in [0, 0.05) is 41.1 Å². The number of carbonyl (C=O) groups excluding carboxylic acids is 1. The van der Waals surface area contributed by atoms with Gasteiger partial charge < -0.3 is 25.1 Å². The smallest absolute Gasteiger partial charge is 0.255 e. The first-order chi connectivity index (χ1) is 13.9. The largest absolute Gasteiger partial charge is 0.491 e. The molecule has 29 heavy (non-hydrogen) atoms. The molecule has 3 aromatic rings. The molecule has 0 unspecified atom stereocenters. The van der Waals surface area contributed by atoms with E-state index in [2.05, 4.69) is 5.32 Å². The summed E-state index contributed by atoms with van der Waals surface area (Å²) >= 11 is 6.08. The van der Waals surface area contributed by atoms with Crippen molar-refractivity contribution in [1.82, 2.24) is 9.88 Å². The van der Waals surface area contributed by atoms with Crippen molar-refractivity contribution in [1.29, 1.82) is 0 Å². The topological polar surface area (TPSA) is 95.6 Å². The van der Waals surface area contributed by atoms with Crippen molar-refractivity contribution in [3.8, 4) is 28.4 Å². The summed E-state index contributed by atoms with van der Waals surface area (Å²) in [5.74, 6) is 0.855. The maximum atomic E-state index is 12.6. The number of aromatic nitrogens is 1. The molecule has 3 N–H and O–H groups in total. The van der Waals surface area contributed by atoms with Crippen molar-refractivity contribution in [2.75, 3.05) is 18.9 Å². The number of benzene rings is 2. The third-order valence-corrected chi connectivity index (χ3v) is 4.77. The van der Waals surface area contributed by atoms with Gasteiger partial charge in [0.15, 0.2) is 0 Å². The fourth-order valence-corrected chi connectivity index (χ4v) is 3.26. The Bertz CT molecular complexity index is 1170. The fraction of sp³-hybridized carbons (Fsp3) is 0.143. The number of nitrogens with two attached hydrogens (primary N) is 1. The van der Waals surface area contributed by atoms with Gasteiger partial charge >= 0.3 is 0 Å². The van der Waals surface area contributed by atoms with Crippen LogP contribution in [0.4, 0.5) is 5.69 Å². The first kappa shape index (κ1) is 18.9. The number of amides is 1. The Labute approximate surface area is 171 Å². The van der Waals surface area contributed by atoms with E-state index in [0.29, 0.717) is 44.6 Å². The predicted octanol–water partition coefficient (Wildman–Crippen LogP) is 3.20. The van der Waals surface area contributed by atoms with Gasteiger partial charge in [-0.25, -0.2) is 0 Å². The van der Waals surface area contributed by atoms with Gasteiger partial charge in [-0.3, -0.25) is 9.59 Å². The van der Waals surface area contributed by atoms with Crippen molar-refractivity contribution >= 4 is 23.2 Å². The molecule has 0 atom stereocenters. The van der Waals surface area contributed by atoms with Gasteiger partial charge in [-0.05, 0) is 36.4 Å². The molecule has 148 valence electrons. The van der Waals surface area contributed by atoms with Crippen molar-refractivity contribution in [3.63, 3.8) is 0 Å². The number of hydrogen-bond donors (Lipinski definition) is 2. The summed E-state index contributed by atoms with van der Waals surface area (Å²) in [5.41, 5.74) is 7.91. The second-order valence-corrected chi connectivity index (χ2v) is 7.04. The molecule has 0 saturated heterocycles. The normalized spacial score (nSPS) is 13.4. The zero-order valence-electron chi connectivity index (χ0n) is 15.6. The molecule has 2 heterocycles. The number of pyridine rings is 1. The predicted molar refractivity (Wildman–Crippen MR) is 111 cm³/mol. The molecule has 0 spiro atoms. The Morgan fingerprint density at radius 2 is 1.76 bits per heavy atom. The summed E-state index contributed by atoms with van der Waals surface area (Å²) in [6.45, 7) is 0.420. The molecule has 1 aliphatic rings. The molecule has 7 nitrogen and oxygen atoms in total. The van der Waals surface area contributed by atoms with Crippen LogP contribution in [-0.2, 0) is 7.05 Å². The van der Waals surface area contributed by atoms with Crippen molar-refractivity contribution < 1.29 is 14.3 Å². The molecule has 1 aromatic heterocycles. The minimum atomic E-state index is -0.340. The molecular weight excluding hydrogens is 394 g/mol.